The Labute approximate surface area is 114 Å². The van der Waals surface area contributed by atoms with E-state index in [4.69, 9.17) is 4.74 Å². The van der Waals surface area contributed by atoms with Crippen molar-refractivity contribution in [1.29, 1.82) is 0 Å². The Morgan fingerprint density at radius 2 is 2.00 bits per heavy atom. The zero-order chi connectivity index (χ0) is 12.7. The summed E-state index contributed by atoms with van der Waals surface area (Å²) in [6, 6.07) is 0.542. The van der Waals surface area contributed by atoms with Gasteiger partial charge < -0.3 is 14.6 Å². The molecule has 2 unspecified atom stereocenters. The predicted octanol–water partition coefficient (Wildman–Crippen LogP) is 2.09. The van der Waals surface area contributed by atoms with Gasteiger partial charge in [-0.3, -0.25) is 0 Å². The molecule has 1 aromatic rings. The summed E-state index contributed by atoms with van der Waals surface area (Å²) in [6.07, 6.45) is 11.0. The maximum Gasteiger partial charge on any atom is 0.0951 e. The van der Waals surface area contributed by atoms with Gasteiger partial charge in [0.2, 0.25) is 0 Å². The van der Waals surface area contributed by atoms with Crippen molar-refractivity contribution in [3.8, 4) is 0 Å². The molecule has 2 aliphatic heterocycles. The number of nitrogens with zero attached hydrogens (tertiary/aromatic N) is 2. The number of aromatic nitrogens is 2. The molecule has 4 nitrogen and oxygen atoms in total. The third-order valence-corrected chi connectivity index (χ3v) is 5.00. The Bertz CT molecular complexity index is 434. The van der Waals surface area contributed by atoms with E-state index >= 15 is 0 Å². The summed E-state index contributed by atoms with van der Waals surface area (Å²) < 4.78 is 8.45. The number of hydrogen-bond acceptors (Lipinski definition) is 3. The third-order valence-electron chi connectivity index (χ3n) is 5.00. The molecule has 104 valence electrons. The van der Waals surface area contributed by atoms with Crippen LogP contribution in [0.5, 0.6) is 0 Å². The van der Waals surface area contributed by atoms with Crippen LogP contribution >= 0.6 is 0 Å². The van der Waals surface area contributed by atoms with Crippen LogP contribution in [0, 0.1) is 5.92 Å². The van der Waals surface area contributed by atoms with E-state index in [2.05, 4.69) is 21.1 Å². The Morgan fingerprint density at radius 1 is 1.16 bits per heavy atom. The molecular weight excluding hydrogens is 238 g/mol. The molecule has 2 atom stereocenters. The molecule has 1 saturated carbocycles. The Hall–Kier alpha value is -0.870. The molecule has 0 bridgehead atoms. The SMILES string of the molecule is c1ncn(C2CCOC2C2CC2)c1C1CCNCC1. The van der Waals surface area contributed by atoms with Gasteiger partial charge in [-0.05, 0) is 51.1 Å². The molecule has 0 radical (unpaired) electrons. The highest BCUT2D eigenvalue weighted by molar-refractivity contribution is 5.11. The predicted molar refractivity (Wildman–Crippen MR) is 73.2 cm³/mol. The number of piperidine rings is 1. The van der Waals surface area contributed by atoms with Crippen molar-refractivity contribution in [1.82, 2.24) is 14.9 Å². The molecule has 3 aliphatic rings. The summed E-state index contributed by atoms with van der Waals surface area (Å²) >= 11 is 0. The summed E-state index contributed by atoms with van der Waals surface area (Å²) in [4.78, 5) is 4.44. The molecule has 1 aliphatic carbocycles. The van der Waals surface area contributed by atoms with Gasteiger partial charge in [-0.25, -0.2) is 4.98 Å². The number of rotatable bonds is 3. The van der Waals surface area contributed by atoms with E-state index in [9.17, 15) is 0 Å². The molecule has 4 rings (SSSR count). The smallest absolute Gasteiger partial charge is 0.0951 e. The van der Waals surface area contributed by atoms with Gasteiger partial charge in [0.1, 0.15) is 0 Å². The number of hydrogen-bond donors (Lipinski definition) is 1. The first-order valence-corrected chi connectivity index (χ1v) is 7.77. The third kappa shape index (κ3) is 2.21. The summed E-state index contributed by atoms with van der Waals surface area (Å²) in [5.41, 5.74) is 1.45. The van der Waals surface area contributed by atoms with E-state index < -0.39 is 0 Å². The highest BCUT2D eigenvalue weighted by atomic mass is 16.5. The molecule has 2 saturated heterocycles. The van der Waals surface area contributed by atoms with E-state index in [1.165, 1.54) is 31.4 Å². The molecule has 4 heteroatoms. The molecule has 1 aromatic heterocycles. The Morgan fingerprint density at radius 3 is 2.79 bits per heavy atom. The maximum absolute atomic E-state index is 5.99. The lowest BCUT2D eigenvalue weighted by molar-refractivity contribution is 0.0742. The molecule has 1 N–H and O–H groups in total. The van der Waals surface area contributed by atoms with Crippen molar-refractivity contribution in [3.63, 3.8) is 0 Å². The van der Waals surface area contributed by atoms with Crippen molar-refractivity contribution in [2.45, 2.75) is 50.2 Å². The topological polar surface area (TPSA) is 39.1 Å². The summed E-state index contributed by atoms with van der Waals surface area (Å²) in [6.45, 7) is 3.21. The van der Waals surface area contributed by atoms with Crippen LogP contribution in [0.15, 0.2) is 12.5 Å². The largest absolute Gasteiger partial charge is 0.376 e. The van der Waals surface area contributed by atoms with Crippen LogP contribution in [0.25, 0.3) is 0 Å². The van der Waals surface area contributed by atoms with Gasteiger partial charge in [-0.15, -0.1) is 0 Å². The van der Waals surface area contributed by atoms with Gasteiger partial charge in [0.05, 0.1) is 18.5 Å². The van der Waals surface area contributed by atoms with Gasteiger partial charge in [0.15, 0.2) is 0 Å². The molecule has 3 heterocycles. The lowest BCUT2D eigenvalue weighted by Gasteiger charge is -2.27. The van der Waals surface area contributed by atoms with Crippen molar-refractivity contribution in [2.75, 3.05) is 19.7 Å². The van der Waals surface area contributed by atoms with Crippen LogP contribution in [0.3, 0.4) is 0 Å². The fraction of sp³-hybridized carbons (Fsp3) is 0.800. The zero-order valence-corrected chi connectivity index (χ0v) is 11.4. The first kappa shape index (κ1) is 11.9. The summed E-state index contributed by atoms with van der Waals surface area (Å²) in [5.74, 6) is 1.50. The van der Waals surface area contributed by atoms with Crippen molar-refractivity contribution < 1.29 is 4.74 Å². The van der Waals surface area contributed by atoms with Crippen LogP contribution in [0.2, 0.25) is 0 Å². The minimum Gasteiger partial charge on any atom is -0.376 e. The van der Waals surface area contributed by atoms with Gasteiger partial charge in [0, 0.05) is 24.4 Å². The minimum absolute atomic E-state index is 0.453. The number of nitrogens with one attached hydrogen (secondary N) is 1. The first-order chi connectivity index (χ1) is 9.43. The molecular formula is C15H23N3O. The molecule has 0 spiro atoms. The van der Waals surface area contributed by atoms with E-state index in [0.29, 0.717) is 18.1 Å². The highest BCUT2D eigenvalue weighted by Crippen LogP contribution is 2.44. The standard InChI is InChI=1S/C15H23N3O/c1-2-12(1)15-13(5-8-19-15)18-10-17-9-14(18)11-3-6-16-7-4-11/h9-13,15-16H,1-8H2. The normalized spacial score (nSPS) is 32.8. The molecule has 0 aromatic carbocycles. The van der Waals surface area contributed by atoms with Crippen LogP contribution in [-0.2, 0) is 4.74 Å². The van der Waals surface area contributed by atoms with E-state index in [-0.39, 0.29) is 0 Å². The summed E-state index contributed by atoms with van der Waals surface area (Å²) in [7, 11) is 0. The van der Waals surface area contributed by atoms with Crippen molar-refractivity contribution in [3.05, 3.63) is 18.2 Å². The van der Waals surface area contributed by atoms with Crippen molar-refractivity contribution in [2.24, 2.45) is 5.92 Å². The van der Waals surface area contributed by atoms with Gasteiger partial charge in [-0.1, -0.05) is 0 Å². The maximum atomic E-state index is 5.99. The first-order valence-electron chi connectivity index (χ1n) is 7.77. The number of imidazole rings is 1. The quantitative estimate of drug-likeness (QED) is 0.905. The van der Waals surface area contributed by atoms with Crippen molar-refractivity contribution >= 4 is 0 Å². The second-order valence-electron chi connectivity index (χ2n) is 6.28. The zero-order valence-electron chi connectivity index (χ0n) is 11.4. The number of ether oxygens (including phenoxy) is 1. The Balaban J connectivity index is 1.58. The summed E-state index contributed by atoms with van der Waals surface area (Å²) in [5, 5.41) is 3.45. The Kier molecular flexibility index (Phi) is 3.08. The van der Waals surface area contributed by atoms with Crippen LogP contribution < -0.4 is 5.32 Å². The van der Waals surface area contributed by atoms with Crippen LogP contribution in [-0.4, -0.2) is 35.4 Å². The second kappa shape index (κ2) is 4.91. The lowest BCUT2D eigenvalue weighted by Crippen LogP contribution is -2.29. The molecule has 19 heavy (non-hydrogen) atoms. The van der Waals surface area contributed by atoms with Gasteiger partial charge >= 0.3 is 0 Å². The highest BCUT2D eigenvalue weighted by Gasteiger charge is 2.42. The minimum atomic E-state index is 0.453. The lowest BCUT2D eigenvalue weighted by atomic mass is 9.94. The average molecular weight is 261 g/mol. The average Bonchev–Trinajstić information content (AvgIpc) is 3.01. The van der Waals surface area contributed by atoms with E-state index in [1.807, 2.05) is 6.33 Å². The van der Waals surface area contributed by atoms with Gasteiger partial charge in [-0.2, -0.15) is 0 Å². The second-order valence-corrected chi connectivity index (χ2v) is 6.28. The van der Waals surface area contributed by atoms with Crippen LogP contribution in [0.4, 0.5) is 0 Å². The van der Waals surface area contributed by atoms with Gasteiger partial charge in [0.25, 0.3) is 0 Å². The molecule has 0 amide bonds. The fourth-order valence-corrected chi connectivity index (χ4v) is 3.80. The van der Waals surface area contributed by atoms with E-state index in [0.717, 1.165) is 32.0 Å². The van der Waals surface area contributed by atoms with Crippen LogP contribution in [0.1, 0.15) is 49.8 Å². The fourth-order valence-electron chi connectivity index (χ4n) is 3.80. The van der Waals surface area contributed by atoms with E-state index in [1.54, 1.807) is 0 Å². The monoisotopic (exact) mass is 261 g/mol. The molecule has 3 fully saturated rings.